The van der Waals surface area contributed by atoms with E-state index >= 15 is 0 Å². The number of carbonyl (C=O) groups excluding carboxylic acids is 3. The summed E-state index contributed by atoms with van der Waals surface area (Å²) >= 11 is 1.80. The van der Waals surface area contributed by atoms with Crippen LogP contribution in [0.3, 0.4) is 0 Å². The number of ketones is 3. The molecule has 0 aromatic rings. The van der Waals surface area contributed by atoms with E-state index in [0.29, 0.717) is 25.7 Å². The second-order valence-corrected chi connectivity index (χ2v) is 7.03. The molecule has 2 aliphatic rings. The lowest BCUT2D eigenvalue weighted by Crippen LogP contribution is -2.49. The molecule has 2 rings (SSSR count). The van der Waals surface area contributed by atoms with E-state index in [9.17, 15) is 14.4 Å². The molecule has 19 heavy (non-hydrogen) atoms. The van der Waals surface area contributed by atoms with Crippen molar-refractivity contribution in [3.63, 3.8) is 0 Å². The summed E-state index contributed by atoms with van der Waals surface area (Å²) in [4.78, 5) is 36.2. The molecule has 0 unspecified atom stereocenters. The Bertz CT molecular complexity index is 375. The van der Waals surface area contributed by atoms with Gasteiger partial charge in [0.1, 0.15) is 5.92 Å². The molecule has 106 valence electrons. The maximum absolute atomic E-state index is 12.2. The summed E-state index contributed by atoms with van der Waals surface area (Å²) in [5, 5.41) is 0. The molecular formula is C15H22O3S. The molecule has 2 aliphatic carbocycles. The quantitative estimate of drug-likeness (QED) is 0.728. The molecule has 0 N–H and O–H groups in total. The number of rotatable bonds is 5. The van der Waals surface area contributed by atoms with Crippen LogP contribution in [0, 0.1) is 11.8 Å². The van der Waals surface area contributed by atoms with E-state index in [4.69, 9.17) is 0 Å². The van der Waals surface area contributed by atoms with Gasteiger partial charge < -0.3 is 0 Å². The Morgan fingerprint density at radius 2 is 1.84 bits per heavy atom. The van der Waals surface area contributed by atoms with E-state index in [2.05, 4.69) is 6.26 Å². The maximum atomic E-state index is 12.2. The van der Waals surface area contributed by atoms with Crippen molar-refractivity contribution in [1.82, 2.24) is 0 Å². The number of hydrogen-bond acceptors (Lipinski definition) is 4. The molecule has 3 nitrogen and oxygen atoms in total. The zero-order valence-corrected chi connectivity index (χ0v) is 12.6. The van der Waals surface area contributed by atoms with Crippen LogP contribution >= 0.6 is 11.8 Å². The molecule has 0 bridgehead atoms. The molecule has 0 atom stereocenters. The van der Waals surface area contributed by atoms with Crippen LogP contribution in [0.15, 0.2) is 0 Å². The van der Waals surface area contributed by atoms with Gasteiger partial charge in [-0.3, -0.25) is 14.4 Å². The monoisotopic (exact) mass is 282 g/mol. The molecule has 0 amide bonds. The third-order valence-electron chi connectivity index (χ3n) is 4.71. The van der Waals surface area contributed by atoms with Crippen LogP contribution in [0.25, 0.3) is 0 Å². The second-order valence-electron chi connectivity index (χ2n) is 5.81. The topological polar surface area (TPSA) is 51.2 Å². The van der Waals surface area contributed by atoms with Crippen LogP contribution in [-0.2, 0) is 14.4 Å². The van der Waals surface area contributed by atoms with Crippen molar-refractivity contribution in [3.8, 4) is 0 Å². The van der Waals surface area contributed by atoms with Gasteiger partial charge in [-0.1, -0.05) is 13.3 Å². The van der Waals surface area contributed by atoms with Gasteiger partial charge in [-0.15, -0.1) is 0 Å². The Kier molecular flexibility index (Phi) is 4.49. The summed E-state index contributed by atoms with van der Waals surface area (Å²) < 4.78 is 0.129. The molecule has 0 aromatic carbocycles. The summed E-state index contributed by atoms with van der Waals surface area (Å²) in [7, 11) is 0. The predicted molar refractivity (Wildman–Crippen MR) is 76.2 cm³/mol. The van der Waals surface area contributed by atoms with Gasteiger partial charge in [0.2, 0.25) is 0 Å². The molecule has 0 aromatic heterocycles. The summed E-state index contributed by atoms with van der Waals surface area (Å²) in [6.45, 7) is 1.90. The van der Waals surface area contributed by atoms with Gasteiger partial charge in [0.25, 0.3) is 0 Å². The Morgan fingerprint density at radius 3 is 2.21 bits per heavy atom. The smallest absolute Gasteiger partial charge is 0.151 e. The van der Waals surface area contributed by atoms with Crippen LogP contribution < -0.4 is 0 Å². The minimum atomic E-state index is -0.935. The molecule has 2 saturated carbocycles. The first-order valence-corrected chi connectivity index (χ1v) is 8.40. The number of hydrogen-bond donors (Lipinski definition) is 0. The van der Waals surface area contributed by atoms with E-state index < -0.39 is 5.92 Å². The third kappa shape index (κ3) is 2.64. The average Bonchev–Trinajstić information content (AvgIpc) is 2.27. The summed E-state index contributed by atoms with van der Waals surface area (Å²) in [6.07, 6.45) is 7.37. The van der Waals surface area contributed by atoms with Crippen LogP contribution in [-0.4, -0.2) is 28.4 Å². The molecule has 4 heteroatoms. The fourth-order valence-corrected chi connectivity index (χ4v) is 4.60. The van der Waals surface area contributed by atoms with E-state index in [-0.39, 0.29) is 28.0 Å². The Hall–Kier alpha value is -0.640. The van der Waals surface area contributed by atoms with Crippen molar-refractivity contribution >= 4 is 29.1 Å². The molecule has 0 spiro atoms. The standard InChI is InChI=1S/C15H22O3S/c1-3-5-11(16)14-12(17)8-10(9-13(14)18)15(19-2)6-4-7-15/h10,14H,3-9H2,1-2H3. The van der Waals surface area contributed by atoms with Crippen molar-refractivity contribution in [3.05, 3.63) is 0 Å². The molecular weight excluding hydrogens is 260 g/mol. The summed E-state index contributed by atoms with van der Waals surface area (Å²) in [5.74, 6) is -1.19. The van der Waals surface area contributed by atoms with Gasteiger partial charge in [0.15, 0.2) is 17.3 Å². The fourth-order valence-electron chi connectivity index (χ4n) is 3.40. The predicted octanol–water partition coefficient (Wildman–Crippen LogP) is 2.81. The first kappa shape index (κ1) is 14.8. The fraction of sp³-hybridized carbons (Fsp3) is 0.800. The number of carbonyl (C=O) groups is 3. The molecule has 0 heterocycles. The van der Waals surface area contributed by atoms with Gasteiger partial charge in [0.05, 0.1) is 0 Å². The zero-order valence-electron chi connectivity index (χ0n) is 11.7. The van der Waals surface area contributed by atoms with Crippen LogP contribution in [0.5, 0.6) is 0 Å². The molecule has 0 aliphatic heterocycles. The SMILES string of the molecule is CCCC(=O)C1C(=O)CC(C2(SC)CCC2)CC1=O. The number of thioether (sulfide) groups is 1. The minimum Gasteiger partial charge on any atom is -0.298 e. The average molecular weight is 282 g/mol. The van der Waals surface area contributed by atoms with Crippen LogP contribution in [0.1, 0.15) is 51.9 Å². The Labute approximate surface area is 118 Å². The highest BCUT2D eigenvalue weighted by Gasteiger charge is 2.50. The van der Waals surface area contributed by atoms with Crippen molar-refractivity contribution in [2.24, 2.45) is 11.8 Å². The van der Waals surface area contributed by atoms with Gasteiger partial charge >= 0.3 is 0 Å². The third-order valence-corrected chi connectivity index (χ3v) is 6.26. The number of Topliss-reactive ketones (excluding diaryl/α,β-unsaturated/α-hetero) is 3. The normalized spacial score (nSPS) is 30.0. The Morgan fingerprint density at radius 1 is 1.26 bits per heavy atom. The highest BCUT2D eigenvalue weighted by Crippen LogP contribution is 2.52. The zero-order chi connectivity index (χ0) is 14.0. The van der Waals surface area contributed by atoms with E-state index in [1.807, 2.05) is 6.92 Å². The second kappa shape index (κ2) is 5.78. The van der Waals surface area contributed by atoms with Crippen LogP contribution in [0.4, 0.5) is 0 Å². The highest BCUT2D eigenvalue weighted by molar-refractivity contribution is 8.00. The molecule has 0 radical (unpaired) electrons. The van der Waals surface area contributed by atoms with E-state index in [1.165, 1.54) is 6.42 Å². The van der Waals surface area contributed by atoms with Gasteiger partial charge in [0, 0.05) is 24.0 Å². The lowest BCUT2D eigenvalue weighted by molar-refractivity contribution is -0.144. The van der Waals surface area contributed by atoms with Crippen molar-refractivity contribution < 1.29 is 14.4 Å². The largest absolute Gasteiger partial charge is 0.298 e. The van der Waals surface area contributed by atoms with E-state index in [0.717, 1.165) is 12.8 Å². The lowest BCUT2D eigenvalue weighted by atomic mass is 9.66. The van der Waals surface area contributed by atoms with Crippen molar-refractivity contribution in [2.45, 2.75) is 56.6 Å². The first-order chi connectivity index (χ1) is 9.04. The summed E-state index contributed by atoms with van der Waals surface area (Å²) in [6, 6.07) is 0. The molecule has 0 saturated heterocycles. The van der Waals surface area contributed by atoms with Crippen molar-refractivity contribution in [1.29, 1.82) is 0 Å². The van der Waals surface area contributed by atoms with E-state index in [1.54, 1.807) is 11.8 Å². The van der Waals surface area contributed by atoms with Gasteiger partial charge in [-0.2, -0.15) is 11.8 Å². The lowest BCUT2D eigenvalue weighted by Gasteiger charge is -2.48. The van der Waals surface area contributed by atoms with Crippen LogP contribution in [0.2, 0.25) is 0 Å². The Balaban J connectivity index is 2.08. The molecule has 2 fully saturated rings. The minimum absolute atomic E-state index is 0.125. The van der Waals surface area contributed by atoms with Crippen molar-refractivity contribution in [2.75, 3.05) is 6.26 Å². The van der Waals surface area contributed by atoms with Gasteiger partial charge in [-0.25, -0.2) is 0 Å². The highest BCUT2D eigenvalue weighted by atomic mass is 32.2. The van der Waals surface area contributed by atoms with Gasteiger partial charge in [-0.05, 0) is 31.4 Å². The first-order valence-electron chi connectivity index (χ1n) is 7.17. The maximum Gasteiger partial charge on any atom is 0.151 e. The summed E-state index contributed by atoms with van der Waals surface area (Å²) in [5.41, 5.74) is 0.